The van der Waals surface area contributed by atoms with Crippen LogP contribution in [0, 0.1) is 5.92 Å². The first-order valence-electron chi connectivity index (χ1n) is 5.97. The van der Waals surface area contributed by atoms with Crippen LogP contribution in [0.15, 0.2) is 22.8 Å². The van der Waals surface area contributed by atoms with Crippen molar-refractivity contribution in [3.8, 4) is 0 Å². The minimum Gasteiger partial charge on any atom is -0.353 e. The van der Waals surface area contributed by atoms with Crippen molar-refractivity contribution >= 4 is 21.8 Å². The maximum absolute atomic E-state index is 11.5. The first-order valence-corrected chi connectivity index (χ1v) is 6.76. The van der Waals surface area contributed by atoms with Crippen LogP contribution in [-0.4, -0.2) is 16.9 Å². The maximum Gasteiger partial charge on any atom is 0.220 e. The number of halogens is 1. The van der Waals surface area contributed by atoms with Crippen LogP contribution in [0.4, 0.5) is 0 Å². The van der Waals surface area contributed by atoms with Gasteiger partial charge in [-0.25, -0.2) is 0 Å². The third-order valence-electron chi connectivity index (χ3n) is 3.09. The van der Waals surface area contributed by atoms with Gasteiger partial charge in [-0.3, -0.25) is 9.78 Å². The number of pyridine rings is 1. The van der Waals surface area contributed by atoms with Crippen LogP contribution in [0.5, 0.6) is 0 Å². The first-order chi connectivity index (χ1) is 8.06. The van der Waals surface area contributed by atoms with Crippen LogP contribution in [0.1, 0.15) is 38.3 Å². The van der Waals surface area contributed by atoms with E-state index in [1.54, 1.807) is 6.20 Å². The van der Waals surface area contributed by atoms with Gasteiger partial charge in [-0.1, -0.05) is 13.8 Å². The molecule has 0 aliphatic carbocycles. The van der Waals surface area contributed by atoms with Crippen LogP contribution in [0.25, 0.3) is 0 Å². The summed E-state index contributed by atoms with van der Waals surface area (Å²) in [7, 11) is 0. The number of hydrogen-bond acceptors (Lipinski definition) is 2. The van der Waals surface area contributed by atoms with Gasteiger partial charge in [0.15, 0.2) is 0 Å². The molecular formula is C13H17BrN2O. The quantitative estimate of drug-likeness (QED) is 0.932. The Bertz CT molecular complexity index is 402. The van der Waals surface area contributed by atoms with Crippen LogP contribution in [-0.2, 0) is 4.79 Å². The van der Waals surface area contributed by atoms with Gasteiger partial charge >= 0.3 is 0 Å². The van der Waals surface area contributed by atoms with E-state index in [0.29, 0.717) is 12.3 Å². The average molecular weight is 297 g/mol. The summed E-state index contributed by atoms with van der Waals surface area (Å²) in [6, 6.07) is 4.22. The lowest BCUT2D eigenvalue weighted by Gasteiger charge is -2.20. The number of carbonyl (C=O) groups is 1. The molecule has 1 aliphatic rings. The van der Waals surface area contributed by atoms with Crippen molar-refractivity contribution in [2.45, 2.75) is 38.6 Å². The lowest BCUT2D eigenvalue weighted by Crippen LogP contribution is -2.29. The maximum atomic E-state index is 11.5. The molecule has 0 radical (unpaired) electrons. The number of hydrogen-bond donors (Lipinski definition) is 1. The summed E-state index contributed by atoms with van der Waals surface area (Å²) in [4.78, 5) is 16.0. The van der Waals surface area contributed by atoms with Gasteiger partial charge in [-0.15, -0.1) is 0 Å². The van der Waals surface area contributed by atoms with Crippen LogP contribution < -0.4 is 5.32 Å². The largest absolute Gasteiger partial charge is 0.353 e. The molecule has 92 valence electrons. The fraction of sp³-hybridized carbons (Fsp3) is 0.538. The number of nitrogens with one attached hydrogen (secondary N) is 1. The first kappa shape index (κ1) is 12.6. The molecular weight excluding hydrogens is 280 g/mol. The normalized spacial score (nSPS) is 24.1. The Labute approximate surface area is 110 Å². The average Bonchev–Trinajstić information content (AvgIpc) is 2.59. The Kier molecular flexibility index (Phi) is 3.82. The van der Waals surface area contributed by atoms with Crippen molar-refractivity contribution in [3.63, 3.8) is 0 Å². The molecule has 0 spiro atoms. The summed E-state index contributed by atoms with van der Waals surface area (Å²) < 4.78 is 0.971. The molecule has 2 unspecified atom stereocenters. The van der Waals surface area contributed by atoms with E-state index < -0.39 is 0 Å². The number of amides is 1. The van der Waals surface area contributed by atoms with Crippen LogP contribution in [0.2, 0.25) is 0 Å². The summed E-state index contributed by atoms with van der Waals surface area (Å²) in [5.74, 6) is 0.944. The van der Waals surface area contributed by atoms with Gasteiger partial charge in [0.05, 0.1) is 0 Å². The molecule has 2 rings (SSSR count). The molecule has 1 N–H and O–H groups in total. The molecule has 0 bridgehead atoms. The Hall–Kier alpha value is -0.900. The van der Waals surface area contributed by atoms with E-state index in [4.69, 9.17) is 0 Å². The standard InChI is InChI=1S/C13H17BrN2O/c1-8(2)5-12-10(6-13(17)16-12)11-4-3-9(14)7-15-11/h3-4,7-8,10,12H,5-6H2,1-2H3,(H,16,17). The number of aromatic nitrogens is 1. The van der Waals surface area contributed by atoms with Gasteiger partial charge < -0.3 is 5.32 Å². The van der Waals surface area contributed by atoms with Crippen molar-refractivity contribution in [2.24, 2.45) is 5.92 Å². The summed E-state index contributed by atoms with van der Waals surface area (Å²) >= 11 is 3.38. The van der Waals surface area contributed by atoms with Crippen molar-refractivity contribution in [3.05, 3.63) is 28.5 Å². The van der Waals surface area contributed by atoms with E-state index in [9.17, 15) is 4.79 Å². The highest BCUT2D eigenvalue weighted by molar-refractivity contribution is 9.10. The van der Waals surface area contributed by atoms with Crippen molar-refractivity contribution in [1.82, 2.24) is 10.3 Å². The van der Waals surface area contributed by atoms with Gasteiger partial charge in [0.1, 0.15) is 0 Å². The summed E-state index contributed by atoms with van der Waals surface area (Å²) in [6.45, 7) is 4.35. The molecule has 1 aromatic heterocycles. The van der Waals surface area contributed by atoms with E-state index in [1.165, 1.54) is 0 Å². The van der Waals surface area contributed by atoms with Crippen molar-refractivity contribution < 1.29 is 4.79 Å². The van der Waals surface area contributed by atoms with Gasteiger partial charge in [0.25, 0.3) is 0 Å². The Balaban J connectivity index is 2.17. The number of rotatable bonds is 3. The third kappa shape index (κ3) is 3.06. The van der Waals surface area contributed by atoms with E-state index in [2.05, 4.69) is 40.1 Å². The van der Waals surface area contributed by atoms with Gasteiger partial charge in [0, 0.05) is 34.7 Å². The zero-order valence-electron chi connectivity index (χ0n) is 10.1. The fourth-order valence-electron chi connectivity index (χ4n) is 2.36. The summed E-state index contributed by atoms with van der Waals surface area (Å²) in [5, 5.41) is 3.06. The Morgan fingerprint density at radius 1 is 1.53 bits per heavy atom. The highest BCUT2D eigenvalue weighted by Crippen LogP contribution is 2.30. The predicted octanol–water partition coefficient (Wildman–Crippen LogP) is 2.86. The second kappa shape index (κ2) is 5.17. The van der Waals surface area contributed by atoms with Crippen LogP contribution >= 0.6 is 15.9 Å². The van der Waals surface area contributed by atoms with Crippen molar-refractivity contribution in [2.75, 3.05) is 0 Å². The lowest BCUT2D eigenvalue weighted by atomic mass is 9.90. The van der Waals surface area contributed by atoms with E-state index in [1.807, 2.05) is 12.1 Å². The molecule has 3 nitrogen and oxygen atoms in total. The predicted molar refractivity (Wildman–Crippen MR) is 70.7 cm³/mol. The van der Waals surface area contributed by atoms with Crippen LogP contribution in [0.3, 0.4) is 0 Å². The highest BCUT2D eigenvalue weighted by Gasteiger charge is 2.34. The minimum atomic E-state index is 0.144. The number of carbonyl (C=O) groups excluding carboxylic acids is 1. The lowest BCUT2D eigenvalue weighted by molar-refractivity contribution is -0.119. The molecule has 2 heterocycles. The molecule has 2 atom stereocenters. The summed E-state index contributed by atoms with van der Waals surface area (Å²) in [5.41, 5.74) is 1.01. The van der Waals surface area contributed by atoms with E-state index in [0.717, 1.165) is 16.6 Å². The van der Waals surface area contributed by atoms with Gasteiger partial charge in [0.2, 0.25) is 5.91 Å². The van der Waals surface area contributed by atoms with Gasteiger partial charge in [-0.2, -0.15) is 0 Å². The number of nitrogens with zero attached hydrogens (tertiary/aromatic N) is 1. The van der Waals surface area contributed by atoms with E-state index >= 15 is 0 Å². The SMILES string of the molecule is CC(C)CC1NC(=O)CC1c1ccc(Br)cn1. The zero-order chi connectivity index (χ0) is 12.4. The molecule has 1 fully saturated rings. The molecule has 0 aromatic carbocycles. The second-order valence-corrected chi connectivity index (χ2v) is 5.93. The highest BCUT2D eigenvalue weighted by atomic mass is 79.9. The molecule has 4 heteroatoms. The second-order valence-electron chi connectivity index (χ2n) is 5.02. The Morgan fingerprint density at radius 3 is 2.88 bits per heavy atom. The zero-order valence-corrected chi connectivity index (χ0v) is 11.7. The fourth-order valence-corrected chi connectivity index (χ4v) is 2.59. The minimum absolute atomic E-state index is 0.144. The third-order valence-corrected chi connectivity index (χ3v) is 3.56. The molecule has 17 heavy (non-hydrogen) atoms. The monoisotopic (exact) mass is 296 g/mol. The molecule has 1 aromatic rings. The molecule has 1 saturated heterocycles. The van der Waals surface area contributed by atoms with Crippen molar-refractivity contribution in [1.29, 1.82) is 0 Å². The topological polar surface area (TPSA) is 42.0 Å². The van der Waals surface area contributed by atoms with Gasteiger partial charge in [-0.05, 0) is 40.4 Å². The Morgan fingerprint density at radius 2 is 2.29 bits per heavy atom. The smallest absolute Gasteiger partial charge is 0.220 e. The molecule has 1 aliphatic heterocycles. The molecule has 0 saturated carbocycles. The molecule has 1 amide bonds. The summed E-state index contributed by atoms with van der Waals surface area (Å²) in [6.07, 6.45) is 3.37. The van der Waals surface area contributed by atoms with E-state index in [-0.39, 0.29) is 17.9 Å².